The van der Waals surface area contributed by atoms with Gasteiger partial charge < -0.3 is 25.2 Å². The van der Waals surface area contributed by atoms with E-state index in [1.165, 1.54) is 13.3 Å². The van der Waals surface area contributed by atoms with Gasteiger partial charge in [-0.2, -0.15) is 0 Å². The molecule has 10 heteroatoms. The maximum atomic E-state index is 13.1. The Morgan fingerprint density at radius 1 is 1.11 bits per heavy atom. The number of carbonyl (C=O) groups is 4. The van der Waals surface area contributed by atoms with Gasteiger partial charge in [-0.25, -0.2) is 4.98 Å². The van der Waals surface area contributed by atoms with Gasteiger partial charge in [0.25, 0.3) is 5.91 Å². The quantitative estimate of drug-likeness (QED) is 0.591. The van der Waals surface area contributed by atoms with E-state index in [9.17, 15) is 19.2 Å². The van der Waals surface area contributed by atoms with Crippen LogP contribution in [0.15, 0.2) is 30.5 Å². The molecule has 2 fully saturated rings. The highest BCUT2D eigenvalue weighted by Gasteiger charge is 2.41. The molecule has 0 saturated carbocycles. The molecule has 3 aliphatic heterocycles. The lowest BCUT2D eigenvalue weighted by molar-refractivity contribution is -0.140. The number of methoxy groups -OCH3 is 1. The van der Waals surface area contributed by atoms with Crippen molar-refractivity contribution in [2.45, 2.75) is 45.1 Å². The lowest BCUT2D eigenvalue weighted by Crippen LogP contribution is -2.55. The van der Waals surface area contributed by atoms with Gasteiger partial charge in [0.1, 0.15) is 0 Å². The second-order valence-corrected chi connectivity index (χ2v) is 9.94. The summed E-state index contributed by atoms with van der Waals surface area (Å²) in [5.41, 5.74) is -0.124. The zero-order chi connectivity index (χ0) is 25.7. The lowest BCUT2D eigenvalue weighted by Gasteiger charge is -2.41. The molecule has 0 bridgehead atoms. The Morgan fingerprint density at radius 3 is 2.56 bits per heavy atom. The van der Waals surface area contributed by atoms with Gasteiger partial charge in [0.2, 0.25) is 23.6 Å². The van der Waals surface area contributed by atoms with Crippen LogP contribution in [0, 0.1) is 11.3 Å². The predicted molar refractivity (Wildman–Crippen MR) is 132 cm³/mol. The van der Waals surface area contributed by atoms with E-state index < -0.39 is 5.41 Å². The first-order chi connectivity index (χ1) is 17.3. The Bertz CT molecular complexity index is 1020. The minimum absolute atomic E-state index is 0.0150. The summed E-state index contributed by atoms with van der Waals surface area (Å²) in [7, 11) is 1.53. The Hall–Kier alpha value is -3.43. The van der Waals surface area contributed by atoms with Crippen molar-refractivity contribution in [2.24, 2.45) is 11.3 Å². The van der Waals surface area contributed by atoms with Crippen molar-refractivity contribution >= 4 is 23.6 Å². The predicted octanol–water partition coefficient (Wildman–Crippen LogP) is 1.13. The molecule has 1 aromatic heterocycles. The van der Waals surface area contributed by atoms with Crippen molar-refractivity contribution in [1.82, 2.24) is 25.4 Å². The third-order valence-electron chi connectivity index (χ3n) is 7.73. The van der Waals surface area contributed by atoms with Crippen molar-refractivity contribution in [2.75, 3.05) is 39.8 Å². The first-order valence-electron chi connectivity index (χ1n) is 12.6. The van der Waals surface area contributed by atoms with Crippen LogP contribution in [0.3, 0.4) is 0 Å². The molecule has 10 nitrogen and oxygen atoms in total. The molecule has 2 saturated heterocycles. The van der Waals surface area contributed by atoms with E-state index >= 15 is 0 Å². The number of rotatable bonds is 2. The van der Waals surface area contributed by atoms with E-state index in [0.717, 1.165) is 0 Å². The Labute approximate surface area is 211 Å². The first kappa shape index (κ1) is 25.7. The van der Waals surface area contributed by atoms with E-state index in [2.05, 4.69) is 27.8 Å². The lowest BCUT2D eigenvalue weighted by atomic mass is 9.74. The molecule has 4 rings (SSSR count). The average molecular weight is 498 g/mol. The van der Waals surface area contributed by atoms with Gasteiger partial charge in [0.05, 0.1) is 24.6 Å². The summed E-state index contributed by atoms with van der Waals surface area (Å²) in [6.45, 7) is 3.58. The van der Waals surface area contributed by atoms with E-state index in [1.807, 2.05) is 4.90 Å². The Balaban J connectivity index is 1.46. The molecule has 0 unspecified atom stereocenters. The molecule has 4 heterocycles. The number of piperidine rings is 2. The summed E-state index contributed by atoms with van der Waals surface area (Å²) in [5.74, 6) is 0.0816. The highest BCUT2D eigenvalue weighted by Crippen LogP contribution is 2.36. The van der Waals surface area contributed by atoms with Crippen molar-refractivity contribution in [1.29, 1.82) is 0 Å². The van der Waals surface area contributed by atoms with Gasteiger partial charge in [0, 0.05) is 57.3 Å². The van der Waals surface area contributed by atoms with Crippen LogP contribution in [0.4, 0.5) is 0 Å². The molecule has 36 heavy (non-hydrogen) atoms. The van der Waals surface area contributed by atoms with Gasteiger partial charge in [-0.15, -0.1) is 0 Å². The molecule has 0 aromatic carbocycles. The monoisotopic (exact) mass is 497 g/mol. The minimum atomic E-state index is -0.628. The van der Waals surface area contributed by atoms with Crippen LogP contribution in [-0.4, -0.2) is 84.3 Å². The second-order valence-electron chi connectivity index (χ2n) is 9.94. The van der Waals surface area contributed by atoms with Crippen LogP contribution in [0.2, 0.25) is 0 Å². The summed E-state index contributed by atoms with van der Waals surface area (Å²) in [5, 5.41) is 5.92. The summed E-state index contributed by atoms with van der Waals surface area (Å²) in [4.78, 5) is 58.4. The molecule has 0 radical (unpaired) electrons. The summed E-state index contributed by atoms with van der Waals surface area (Å²) >= 11 is 0. The van der Waals surface area contributed by atoms with E-state index in [-0.39, 0.29) is 42.1 Å². The van der Waals surface area contributed by atoms with Gasteiger partial charge in [-0.1, -0.05) is 12.2 Å². The van der Waals surface area contributed by atoms with Crippen LogP contribution >= 0.6 is 0 Å². The van der Waals surface area contributed by atoms with Crippen LogP contribution < -0.4 is 15.4 Å². The number of amides is 4. The highest BCUT2D eigenvalue weighted by atomic mass is 16.5. The highest BCUT2D eigenvalue weighted by molar-refractivity contribution is 5.94. The largest absolute Gasteiger partial charge is 0.481 e. The first-order valence-corrected chi connectivity index (χ1v) is 12.6. The number of carbonyl (C=O) groups excluding carboxylic acids is 4. The molecule has 2 N–H and O–H groups in total. The number of nitrogens with zero attached hydrogens (tertiary/aromatic N) is 3. The summed E-state index contributed by atoms with van der Waals surface area (Å²) in [6, 6.07) is 3.30. The van der Waals surface area contributed by atoms with E-state index in [1.54, 1.807) is 24.0 Å². The maximum absolute atomic E-state index is 13.1. The standard InChI is InChI=1S/C26H35N5O5/c1-18(32)30-13-10-26(11-14-30)9-4-3-5-20-17-31(24(34)19-6-7-23(36-2)27-15-19)12-8-21(20)29-22(33)16-28-25(26)35/h3-4,6-7,15,20-21H,5,8-14,16-17H2,1-2H3,(H,28,35)(H,29,33)/b4-3+/t20-,21+/m0/s1. The maximum Gasteiger partial charge on any atom is 0.255 e. The average Bonchev–Trinajstić information content (AvgIpc) is 2.89. The number of likely N-dealkylation sites (tertiary alicyclic amines) is 2. The molecule has 1 spiro atoms. The Kier molecular flexibility index (Phi) is 7.91. The molecule has 1 aromatic rings. The van der Waals surface area contributed by atoms with Crippen molar-refractivity contribution in [3.63, 3.8) is 0 Å². The van der Waals surface area contributed by atoms with Gasteiger partial charge in [-0.05, 0) is 38.2 Å². The second kappa shape index (κ2) is 11.1. The molecule has 4 amide bonds. The number of pyridine rings is 1. The van der Waals surface area contributed by atoms with Crippen molar-refractivity contribution in [3.05, 3.63) is 36.0 Å². The van der Waals surface area contributed by atoms with Crippen LogP contribution in [0.5, 0.6) is 5.88 Å². The molecule has 0 aliphatic carbocycles. The van der Waals surface area contributed by atoms with Crippen LogP contribution in [0.25, 0.3) is 0 Å². The number of nitrogens with one attached hydrogen (secondary N) is 2. The smallest absolute Gasteiger partial charge is 0.255 e. The molecule has 2 atom stereocenters. The fourth-order valence-electron chi connectivity index (χ4n) is 5.41. The number of allylic oxidation sites excluding steroid dienone is 2. The summed E-state index contributed by atoms with van der Waals surface area (Å²) in [6.07, 6.45) is 8.66. The zero-order valence-electron chi connectivity index (χ0n) is 21.0. The zero-order valence-corrected chi connectivity index (χ0v) is 21.0. The van der Waals surface area contributed by atoms with Gasteiger partial charge in [0.15, 0.2) is 0 Å². The number of ether oxygens (including phenoxy) is 1. The topological polar surface area (TPSA) is 121 Å². The molecular weight excluding hydrogens is 462 g/mol. The number of hydrogen-bond donors (Lipinski definition) is 2. The van der Waals surface area contributed by atoms with Crippen molar-refractivity contribution < 1.29 is 23.9 Å². The number of aromatic nitrogens is 1. The van der Waals surface area contributed by atoms with Gasteiger partial charge in [-0.3, -0.25) is 19.2 Å². The number of fused-ring (bicyclic) bond motifs is 1. The molecule has 3 aliphatic rings. The summed E-state index contributed by atoms with van der Waals surface area (Å²) < 4.78 is 5.08. The molecular formula is C26H35N5O5. The minimum Gasteiger partial charge on any atom is -0.481 e. The van der Waals surface area contributed by atoms with E-state index in [4.69, 9.17) is 4.74 Å². The SMILES string of the molecule is COc1ccc(C(=O)N2CC[C@H]3NC(=O)CNC(=O)C4(C/C=C/C[C@H]3C2)CCN(C(C)=O)CC4)cn1. The van der Waals surface area contributed by atoms with Crippen LogP contribution in [-0.2, 0) is 14.4 Å². The van der Waals surface area contributed by atoms with Gasteiger partial charge >= 0.3 is 0 Å². The third-order valence-corrected chi connectivity index (χ3v) is 7.73. The fourth-order valence-corrected chi connectivity index (χ4v) is 5.41. The van der Waals surface area contributed by atoms with Crippen LogP contribution in [0.1, 0.15) is 49.4 Å². The normalized spacial score (nSPS) is 25.5. The van der Waals surface area contributed by atoms with E-state index in [0.29, 0.717) is 69.7 Å². The fraction of sp³-hybridized carbons (Fsp3) is 0.577. The Morgan fingerprint density at radius 2 is 1.89 bits per heavy atom. The molecule has 194 valence electrons. The van der Waals surface area contributed by atoms with Crippen molar-refractivity contribution in [3.8, 4) is 5.88 Å². The number of hydrogen-bond acceptors (Lipinski definition) is 6. The third kappa shape index (κ3) is 5.68.